The van der Waals surface area contributed by atoms with Crippen LogP contribution < -0.4 is 5.32 Å². The molecular weight excluding hydrogens is 370 g/mol. The van der Waals surface area contributed by atoms with Crippen LogP contribution in [0.4, 0.5) is 9.93 Å². The van der Waals surface area contributed by atoms with Crippen LogP contribution in [-0.4, -0.2) is 40.8 Å². The lowest BCUT2D eigenvalue weighted by molar-refractivity contribution is -0.113. The van der Waals surface area contributed by atoms with E-state index < -0.39 is 0 Å². The number of aryl methyl sites for hydroxylation is 1. The molecule has 1 aliphatic heterocycles. The molecule has 26 heavy (non-hydrogen) atoms. The maximum absolute atomic E-state index is 12.2. The largest absolute Gasteiger partial charge is 0.450 e. The highest BCUT2D eigenvalue weighted by Gasteiger charge is 2.25. The molecule has 0 saturated carbocycles. The number of thiazole rings is 1. The third-order valence-corrected chi connectivity index (χ3v) is 5.90. The van der Waals surface area contributed by atoms with Crippen molar-refractivity contribution >= 4 is 40.2 Å². The second kappa shape index (κ2) is 8.55. The number of carbonyl (C=O) groups is 2. The van der Waals surface area contributed by atoms with E-state index in [0.717, 1.165) is 15.5 Å². The number of benzene rings is 1. The van der Waals surface area contributed by atoms with Crippen LogP contribution in [0.3, 0.4) is 0 Å². The highest BCUT2D eigenvalue weighted by molar-refractivity contribution is 8.00. The van der Waals surface area contributed by atoms with Crippen molar-refractivity contribution in [1.82, 2.24) is 9.88 Å². The van der Waals surface area contributed by atoms with Gasteiger partial charge in [0.25, 0.3) is 0 Å². The molecule has 8 heteroatoms. The molecule has 0 spiro atoms. The second-order valence-corrected chi connectivity index (χ2v) is 8.04. The van der Waals surface area contributed by atoms with Crippen LogP contribution in [0.2, 0.25) is 0 Å². The molecule has 1 aromatic carbocycles. The van der Waals surface area contributed by atoms with Gasteiger partial charge in [-0.25, -0.2) is 9.78 Å². The molecule has 3 rings (SSSR count). The molecule has 0 atom stereocenters. The Morgan fingerprint density at radius 3 is 2.85 bits per heavy atom. The van der Waals surface area contributed by atoms with E-state index in [-0.39, 0.29) is 12.0 Å². The lowest BCUT2D eigenvalue weighted by atomic mass is 10.2. The van der Waals surface area contributed by atoms with Gasteiger partial charge in [-0.1, -0.05) is 29.0 Å². The monoisotopic (exact) mass is 391 g/mol. The van der Waals surface area contributed by atoms with Gasteiger partial charge in [-0.15, -0.1) is 11.8 Å². The Kier molecular flexibility index (Phi) is 6.16. The topological polar surface area (TPSA) is 71.5 Å². The first-order valence-electron chi connectivity index (χ1n) is 8.44. The van der Waals surface area contributed by atoms with Gasteiger partial charge in [-0.3, -0.25) is 4.79 Å². The number of hydrogen-bond acceptors (Lipinski definition) is 6. The Morgan fingerprint density at radius 1 is 1.35 bits per heavy atom. The molecule has 2 heterocycles. The minimum Gasteiger partial charge on any atom is -0.450 e. The van der Waals surface area contributed by atoms with E-state index in [1.165, 1.54) is 28.7 Å². The molecular formula is C18H21N3O3S2. The molecule has 0 saturated heterocycles. The number of carbonyl (C=O) groups excluding carboxylic acids is 2. The zero-order chi connectivity index (χ0) is 18.5. The van der Waals surface area contributed by atoms with Gasteiger partial charge in [-0.2, -0.15) is 0 Å². The molecule has 0 fully saturated rings. The molecule has 1 aliphatic rings. The second-order valence-electron chi connectivity index (χ2n) is 5.91. The fourth-order valence-electron chi connectivity index (χ4n) is 2.56. The number of nitrogens with zero attached hydrogens (tertiary/aromatic N) is 2. The van der Waals surface area contributed by atoms with Crippen molar-refractivity contribution in [2.24, 2.45) is 0 Å². The summed E-state index contributed by atoms with van der Waals surface area (Å²) in [6, 6.07) is 8.09. The first-order valence-corrected chi connectivity index (χ1v) is 10.2. The maximum atomic E-state index is 12.2. The number of nitrogens with one attached hydrogen (secondary N) is 1. The van der Waals surface area contributed by atoms with Crippen LogP contribution in [0.25, 0.3) is 0 Å². The van der Waals surface area contributed by atoms with Crippen LogP contribution in [0.1, 0.15) is 23.1 Å². The van der Waals surface area contributed by atoms with E-state index in [2.05, 4.69) is 10.3 Å². The maximum Gasteiger partial charge on any atom is 0.410 e. The van der Waals surface area contributed by atoms with E-state index in [4.69, 9.17) is 4.74 Å². The van der Waals surface area contributed by atoms with Crippen molar-refractivity contribution in [2.45, 2.75) is 31.7 Å². The number of fused-ring (bicyclic) bond motifs is 1. The smallest absolute Gasteiger partial charge is 0.410 e. The summed E-state index contributed by atoms with van der Waals surface area (Å²) in [4.78, 5) is 32.3. The van der Waals surface area contributed by atoms with Crippen LogP contribution in [0.5, 0.6) is 0 Å². The predicted octanol–water partition coefficient (Wildman–Crippen LogP) is 3.70. The summed E-state index contributed by atoms with van der Waals surface area (Å²) >= 11 is 2.92. The van der Waals surface area contributed by atoms with Crippen molar-refractivity contribution in [1.29, 1.82) is 0 Å². The fraction of sp³-hybridized carbons (Fsp3) is 0.389. The third kappa shape index (κ3) is 4.76. The average molecular weight is 392 g/mol. The predicted molar refractivity (Wildman–Crippen MR) is 104 cm³/mol. The Morgan fingerprint density at radius 2 is 2.12 bits per heavy atom. The molecule has 1 aromatic heterocycles. The number of thioether (sulfide) groups is 1. The van der Waals surface area contributed by atoms with E-state index in [0.29, 0.717) is 37.0 Å². The minimum absolute atomic E-state index is 0.0797. The number of anilines is 1. The van der Waals surface area contributed by atoms with E-state index in [1.54, 1.807) is 11.8 Å². The van der Waals surface area contributed by atoms with Crippen molar-refractivity contribution in [2.75, 3.05) is 24.2 Å². The van der Waals surface area contributed by atoms with Gasteiger partial charge >= 0.3 is 6.09 Å². The van der Waals surface area contributed by atoms with Gasteiger partial charge in [0, 0.05) is 22.7 Å². The summed E-state index contributed by atoms with van der Waals surface area (Å²) in [5.41, 5.74) is 2.15. The number of hydrogen-bond donors (Lipinski definition) is 1. The molecule has 0 radical (unpaired) electrons. The SMILES string of the molecule is CCOC(=O)N1CCc2nc(NC(=O)CSc3ccc(C)cc3)sc2C1. The van der Waals surface area contributed by atoms with Crippen LogP contribution in [0, 0.1) is 6.92 Å². The highest BCUT2D eigenvalue weighted by Crippen LogP contribution is 2.29. The summed E-state index contributed by atoms with van der Waals surface area (Å²) in [7, 11) is 0. The van der Waals surface area contributed by atoms with Crippen molar-refractivity contribution in [3.8, 4) is 0 Å². The Balaban J connectivity index is 1.54. The Hall–Kier alpha value is -2.06. The fourth-order valence-corrected chi connectivity index (χ4v) is 4.30. The van der Waals surface area contributed by atoms with Gasteiger partial charge in [0.1, 0.15) is 0 Å². The van der Waals surface area contributed by atoms with E-state index >= 15 is 0 Å². The van der Waals surface area contributed by atoms with Gasteiger partial charge in [0.15, 0.2) is 5.13 Å². The third-order valence-electron chi connectivity index (χ3n) is 3.89. The molecule has 2 aromatic rings. The van der Waals surface area contributed by atoms with Gasteiger partial charge < -0.3 is 15.0 Å². The van der Waals surface area contributed by atoms with Crippen molar-refractivity contribution in [3.05, 3.63) is 40.4 Å². The summed E-state index contributed by atoms with van der Waals surface area (Å²) < 4.78 is 5.05. The number of aromatic nitrogens is 1. The molecule has 138 valence electrons. The molecule has 6 nitrogen and oxygen atoms in total. The normalized spacial score (nSPS) is 13.2. The van der Waals surface area contributed by atoms with Crippen LogP contribution in [0.15, 0.2) is 29.2 Å². The number of amides is 2. The first-order chi connectivity index (χ1) is 12.5. The quantitative estimate of drug-likeness (QED) is 0.787. The summed E-state index contributed by atoms with van der Waals surface area (Å²) in [5.74, 6) is 0.256. The minimum atomic E-state index is -0.299. The molecule has 2 amide bonds. The van der Waals surface area contributed by atoms with Crippen molar-refractivity contribution < 1.29 is 14.3 Å². The van der Waals surface area contributed by atoms with Gasteiger partial charge in [0.05, 0.1) is 24.6 Å². The zero-order valence-corrected chi connectivity index (χ0v) is 16.4. The number of ether oxygens (including phenoxy) is 1. The molecule has 0 bridgehead atoms. The van der Waals surface area contributed by atoms with Gasteiger partial charge in [0.2, 0.25) is 5.91 Å². The first kappa shape index (κ1) is 18.7. The standard InChI is InChI=1S/C18H21N3O3S2/c1-3-24-18(23)21-9-8-14-15(10-21)26-17(19-14)20-16(22)11-25-13-6-4-12(2)5-7-13/h4-7H,3,8-11H2,1-2H3,(H,19,20,22). The van der Waals surface area contributed by atoms with Crippen molar-refractivity contribution in [3.63, 3.8) is 0 Å². The summed E-state index contributed by atoms with van der Waals surface area (Å²) in [5, 5.41) is 3.46. The van der Waals surface area contributed by atoms with E-state index in [1.807, 2.05) is 31.2 Å². The summed E-state index contributed by atoms with van der Waals surface area (Å²) in [6.45, 7) is 5.27. The van der Waals surface area contributed by atoms with Gasteiger partial charge in [-0.05, 0) is 26.0 Å². The van der Waals surface area contributed by atoms with Crippen LogP contribution >= 0.6 is 23.1 Å². The Labute approximate surface area is 160 Å². The average Bonchev–Trinajstić information content (AvgIpc) is 3.02. The highest BCUT2D eigenvalue weighted by atomic mass is 32.2. The van der Waals surface area contributed by atoms with Crippen LogP contribution in [-0.2, 0) is 22.5 Å². The Bertz CT molecular complexity index is 789. The summed E-state index contributed by atoms with van der Waals surface area (Å²) in [6.07, 6.45) is 0.380. The lowest BCUT2D eigenvalue weighted by Gasteiger charge is -2.24. The zero-order valence-electron chi connectivity index (χ0n) is 14.8. The number of rotatable bonds is 5. The molecule has 0 unspecified atom stereocenters. The van der Waals surface area contributed by atoms with E-state index in [9.17, 15) is 9.59 Å². The molecule has 0 aliphatic carbocycles. The molecule has 1 N–H and O–H groups in total. The lowest BCUT2D eigenvalue weighted by Crippen LogP contribution is -2.35.